The summed E-state index contributed by atoms with van der Waals surface area (Å²) in [6.07, 6.45) is -5.52. The Hall–Kier alpha value is -2.50. The van der Waals surface area contributed by atoms with Gasteiger partial charge in [0.05, 0.1) is 21.1 Å². The quantitative estimate of drug-likeness (QED) is 0.333. The Bertz CT molecular complexity index is 1170. The number of halogens is 5. The van der Waals surface area contributed by atoms with E-state index < -0.39 is 12.6 Å². The van der Waals surface area contributed by atoms with Crippen LogP contribution < -0.4 is 0 Å². The number of hydrogen-bond donors (Lipinski definition) is 0. The Balaban J connectivity index is 1.86. The lowest BCUT2D eigenvalue weighted by molar-refractivity contribution is -0.128. The third kappa shape index (κ3) is 4.26. The third-order valence-electron chi connectivity index (χ3n) is 4.66. The first-order chi connectivity index (χ1) is 13.8. The van der Waals surface area contributed by atoms with Gasteiger partial charge in [-0.25, -0.2) is 4.98 Å². The molecule has 3 aromatic carbocycles. The fraction of sp³-hybridized carbons (Fsp3) is 0.136. The summed E-state index contributed by atoms with van der Waals surface area (Å²) in [5.74, 6) is -0.0753. The van der Waals surface area contributed by atoms with E-state index in [9.17, 15) is 13.2 Å². The van der Waals surface area contributed by atoms with Crippen molar-refractivity contribution in [2.45, 2.75) is 19.1 Å². The highest BCUT2D eigenvalue weighted by Crippen LogP contribution is 2.32. The number of imidazole rings is 1. The summed E-state index contributed by atoms with van der Waals surface area (Å²) in [6, 6.07) is 20.4. The number of benzene rings is 3. The first-order valence-electron chi connectivity index (χ1n) is 8.86. The van der Waals surface area contributed by atoms with Crippen LogP contribution in [0.25, 0.3) is 22.2 Å². The Morgan fingerprint density at radius 1 is 0.862 bits per heavy atom. The number of alkyl halides is 3. The van der Waals surface area contributed by atoms with Gasteiger partial charge in [-0.05, 0) is 28.8 Å². The minimum atomic E-state index is -4.38. The van der Waals surface area contributed by atoms with Crippen LogP contribution in [0.15, 0.2) is 66.7 Å². The van der Waals surface area contributed by atoms with Crippen molar-refractivity contribution in [1.29, 1.82) is 0 Å². The summed E-state index contributed by atoms with van der Waals surface area (Å²) in [7, 11) is 0. The van der Waals surface area contributed by atoms with Crippen LogP contribution in [-0.2, 0) is 13.0 Å². The van der Waals surface area contributed by atoms with Gasteiger partial charge in [-0.15, -0.1) is 0 Å². The Labute approximate surface area is 175 Å². The monoisotopic (exact) mass is 434 g/mol. The molecule has 1 heterocycles. The van der Waals surface area contributed by atoms with Gasteiger partial charge in [-0.2, -0.15) is 13.2 Å². The average molecular weight is 435 g/mol. The Morgan fingerprint density at radius 3 is 2.24 bits per heavy atom. The van der Waals surface area contributed by atoms with Gasteiger partial charge in [0.1, 0.15) is 12.2 Å². The van der Waals surface area contributed by atoms with Crippen LogP contribution in [0.3, 0.4) is 0 Å². The molecule has 0 radical (unpaired) electrons. The van der Waals surface area contributed by atoms with Crippen molar-refractivity contribution in [3.63, 3.8) is 0 Å². The minimum Gasteiger partial charge on any atom is -0.323 e. The van der Waals surface area contributed by atoms with E-state index in [1.807, 2.05) is 54.6 Å². The molecule has 1 aromatic heterocycles. The summed E-state index contributed by atoms with van der Waals surface area (Å²) in [6.45, 7) is 0.227. The molecule has 2 nitrogen and oxygen atoms in total. The summed E-state index contributed by atoms with van der Waals surface area (Å²) in [4.78, 5) is 4.20. The minimum absolute atomic E-state index is 0.0753. The smallest absolute Gasteiger partial charge is 0.323 e. The van der Waals surface area contributed by atoms with Crippen LogP contribution >= 0.6 is 23.2 Å². The van der Waals surface area contributed by atoms with Crippen LogP contribution in [0.2, 0.25) is 10.0 Å². The highest BCUT2D eigenvalue weighted by molar-refractivity contribution is 6.42. The highest BCUT2D eigenvalue weighted by Gasteiger charge is 2.31. The zero-order valence-electron chi connectivity index (χ0n) is 15.0. The lowest BCUT2D eigenvalue weighted by atomic mass is 9.99. The molecule has 4 rings (SSSR count). The van der Waals surface area contributed by atoms with E-state index in [0.717, 1.165) is 16.7 Å². The first-order valence-corrected chi connectivity index (χ1v) is 9.61. The lowest BCUT2D eigenvalue weighted by Crippen LogP contribution is -2.17. The molecule has 0 amide bonds. The topological polar surface area (TPSA) is 17.8 Å². The van der Waals surface area contributed by atoms with Crippen molar-refractivity contribution in [1.82, 2.24) is 9.55 Å². The Morgan fingerprint density at radius 2 is 1.52 bits per heavy atom. The second-order valence-corrected chi connectivity index (χ2v) is 7.50. The van der Waals surface area contributed by atoms with Crippen LogP contribution in [0.1, 0.15) is 11.4 Å². The molecule has 148 valence electrons. The normalized spacial score (nSPS) is 11.9. The van der Waals surface area contributed by atoms with E-state index in [0.29, 0.717) is 11.0 Å². The van der Waals surface area contributed by atoms with Crippen molar-refractivity contribution in [3.8, 4) is 11.1 Å². The molecule has 0 saturated carbocycles. The van der Waals surface area contributed by atoms with E-state index in [4.69, 9.17) is 23.2 Å². The molecule has 0 saturated heterocycles. The van der Waals surface area contributed by atoms with E-state index >= 15 is 0 Å². The summed E-state index contributed by atoms with van der Waals surface area (Å²) in [5.41, 5.74) is 3.73. The maximum Gasteiger partial charge on any atom is 0.396 e. The fourth-order valence-electron chi connectivity index (χ4n) is 3.39. The number of aromatic nitrogens is 2. The molecule has 0 unspecified atom stereocenters. The number of nitrogens with zero attached hydrogens (tertiary/aromatic N) is 2. The van der Waals surface area contributed by atoms with Gasteiger partial charge < -0.3 is 4.57 Å². The maximum absolute atomic E-state index is 13.2. The molecule has 0 atom stereocenters. The molecule has 7 heteroatoms. The molecule has 0 bridgehead atoms. The predicted octanol–water partition coefficient (Wildman–Crippen LogP) is 7.16. The molecule has 0 fully saturated rings. The predicted molar refractivity (Wildman–Crippen MR) is 110 cm³/mol. The Kier molecular flexibility index (Phi) is 5.28. The van der Waals surface area contributed by atoms with Crippen LogP contribution in [0.4, 0.5) is 13.2 Å². The van der Waals surface area contributed by atoms with Gasteiger partial charge in [-0.3, -0.25) is 0 Å². The molecule has 0 aliphatic heterocycles. The van der Waals surface area contributed by atoms with Crippen LogP contribution in [0.5, 0.6) is 0 Å². The first kappa shape index (κ1) is 19.8. The van der Waals surface area contributed by atoms with Crippen LogP contribution in [0, 0.1) is 0 Å². The molecular formula is C22H15Cl2F3N2. The highest BCUT2D eigenvalue weighted by atomic mass is 35.5. The zero-order valence-corrected chi connectivity index (χ0v) is 16.6. The largest absolute Gasteiger partial charge is 0.396 e. The molecule has 0 aliphatic carbocycles. The van der Waals surface area contributed by atoms with Gasteiger partial charge in [0, 0.05) is 6.54 Å². The second kappa shape index (κ2) is 7.73. The summed E-state index contributed by atoms with van der Waals surface area (Å²) < 4.78 is 41.1. The van der Waals surface area contributed by atoms with Crippen molar-refractivity contribution < 1.29 is 13.2 Å². The molecule has 29 heavy (non-hydrogen) atoms. The van der Waals surface area contributed by atoms with E-state index in [1.165, 1.54) is 6.07 Å². The van der Waals surface area contributed by atoms with Crippen molar-refractivity contribution in [2.24, 2.45) is 0 Å². The van der Waals surface area contributed by atoms with E-state index in [1.54, 1.807) is 10.6 Å². The number of rotatable bonds is 4. The van der Waals surface area contributed by atoms with Gasteiger partial charge >= 0.3 is 6.18 Å². The van der Waals surface area contributed by atoms with E-state index in [-0.39, 0.29) is 22.4 Å². The number of fused-ring (bicyclic) bond motifs is 1. The van der Waals surface area contributed by atoms with Crippen molar-refractivity contribution in [3.05, 3.63) is 88.2 Å². The van der Waals surface area contributed by atoms with Gasteiger partial charge in [-0.1, -0.05) is 77.8 Å². The summed E-state index contributed by atoms with van der Waals surface area (Å²) >= 11 is 12.2. The molecule has 0 spiro atoms. The van der Waals surface area contributed by atoms with Gasteiger partial charge in [0.2, 0.25) is 0 Å². The molecule has 4 aromatic rings. The van der Waals surface area contributed by atoms with Crippen molar-refractivity contribution in [2.75, 3.05) is 0 Å². The van der Waals surface area contributed by atoms with Crippen LogP contribution in [-0.4, -0.2) is 15.7 Å². The van der Waals surface area contributed by atoms with Gasteiger partial charge in [0.25, 0.3) is 0 Å². The maximum atomic E-state index is 13.2. The summed E-state index contributed by atoms with van der Waals surface area (Å²) in [5, 5.41) is 0.530. The fourth-order valence-corrected chi connectivity index (χ4v) is 3.70. The SMILES string of the molecule is FC(F)(F)Cc1nc2cc(Cl)c(Cl)cc2n1Cc1ccccc1-c1ccccc1. The van der Waals surface area contributed by atoms with Crippen molar-refractivity contribution >= 4 is 34.2 Å². The van der Waals surface area contributed by atoms with E-state index in [2.05, 4.69) is 4.98 Å². The van der Waals surface area contributed by atoms with Gasteiger partial charge in [0.15, 0.2) is 0 Å². The average Bonchev–Trinajstić information content (AvgIpc) is 2.98. The zero-order chi connectivity index (χ0) is 20.6. The molecule has 0 N–H and O–H groups in total. The molecular weight excluding hydrogens is 420 g/mol. The lowest BCUT2D eigenvalue weighted by Gasteiger charge is -2.14. The standard InChI is InChI=1S/C22H15Cl2F3N2/c23-17-10-19-20(11-18(17)24)29(21(28-19)12-22(25,26)27)13-15-8-4-5-9-16(15)14-6-2-1-3-7-14/h1-11H,12-13H2. The third-order valence-corrected chi connectivity index (χ3v) is 5.38. The molecule has 0 aliphatic rings. The number of hydrogen-bond acceptors (Lipinski definition) is 1. The second-order valence-electron chi connectivity index (χ2n) is 6.68.